The van der Waals surface area contributed by atoms with Crippen LogP contribution in [-0.2, 0) is 11.3 Å². The minimum absolute atomic E-state index is 0.0623. The van der Waals surface area contributed by atoms with Gasteiger partial charge in [-0.15, -0.1) is 0 Å². The second-order valence-corrected chi connectivity index (χ2v) is 6.05. The number of imide groups is 1. The van der Waals surface area contributed by atoms with Gasteiger partial charge in [0, 0.05) is 17.3 Å². The molecular formula is C18H16FN3O4. The zero-order valence-corrected chi connectivity index (χ0v) is 14.2. The van der Waals surface area contributed by atoms with Gasteiger partial charge in [0.2, 0.25) is 0 Å². The summed E-state index contributed by atoms with van der Waals surface area (Å²) in [7, 11) is 0. The fraction of sp³-hybridized carbons (Fsp3) is 0.222. The highest BCUT2D eigenvalue weighted by Crippen LogP contribution is 2.29. The Balaban J connectivity index is 1.91. The van der Waals surface area contributed by atoms with Gasteiger partial charge >= 0.3 is 6.03 Å². The molecular weight excluding hydrogens is 341 g/mol. The smallest absolute Gasteiger partial charge is 0.282 e. The zero-order valence-electron chi connectivity index (χ0n) is 14.2. The molecule has 1 atom stereocenters. The molecule has 1 fully saturated rings. The van der Waals surface area contributed by atoms with Gasteiger partial charge in [-0.2, -0.15) is 0 Å². The van der Waals surface area contributed by atoms with Crippen molar-refractivity contribution in [2.45, 2.75) is 26.4 Å². The number of benzene rings is 2. The maximum Gasteiger partial charge on any atom is 0.332 e. The summed E-state index contributed by atoms with van der Waals surface area (Å²) in [6, 6.07) is 8.55. The Morgan fingerprint density at radius 3 is 2.42 bits per heavy atom. The van der Waals surface area contributed by atoms with E-state index in [1.54, 1.807) is 19.9 Å². The SMILES string of the molecule is Cc1c(CN2C(=O)[C@@H](C)N(c3ccc(F)cc3)C2=O)cccc1[N+](=O)[O-]. The van der Waals surface area contributed by atoms with Crippen LogP contribution in [0.5, 0.6) is 0 Å². The predicted molar refractivity (Wildman–Crippen MR) is 92.1 cm³/mol. The van der Waals surface area contributed by atoms with E-state index >= 15 is 0 Å². The Hall–Kier alpha value is -3.29. The van der Waals surface area contributed by atoms with Crippen molar-refractivity contribution in [3.05, 3.63) is 69.5 Å². The van der Waals surface area contributed by atoms with Crippen LogP contribution in [0.3, 0.4) is 0 Å². The summed E-state index contributed by atoms with van der Waals surface area (Å²) in [5.41, 5.74) is 1.28. The molecule has 1 aliphatic heterocycles. The van der Waals surface area contributed by atoms with Crippen LogP contribution in [0.4, 0.5) is 20.6 Å². The Morgan fingerprint density at radius 1 is 1.15 bits per heavy atom. The normalized spacial score (nSPS) is 17.1. The van der Waals surface area contributed by atoms with E-state index in [1.807, 2.05) is 0 Å². The summed E-state index contributed by atoms with van der Waals surface area (Å²) in [5.74, 6) is -0.853. The van der Waals surface area contributed by atoms with Crippen LogP contribution < -0.4 is 4.90 Å². The number of rotatable bonds is 4. The van der Waals surface area contributed by atoms with Crippen molar-refractivity contribution in [3.63, 3.8) is 0 Å². The van der Waals surface area contributed by atoms with Crippen LogP contribution >= 0.6 is 0 Å². The molecule has 1 saturated heterocycles. The van der Waals surface area contributed by atoms with Crippen LogP contribution in [0, 0.1) is 22.9 Å². The zero-order chi connectivity index (χ0) is 19.0. The van der Waals surface area contributed by atoms with E-state index in [1.165, 1.54) is 41.3 Å². The third-order valence-electron chi connectivity index (χ3n) is 4.50. The molecule has 0 saturated carbocycles. The largest absolute Gasteiger partial charge is 0.332 e. The van der Waals surface area contributed by atoms with Gasteiger partial charge in [-0.05, 0) is 43.7 Å². The van der Waals surface area contributed by atoms with Gasteiger partial charge in [0.1, 0.15) is 11.9 Å². The summed E-state index contributed by atoms with van der Waals surface area (Å²) >= 11 is 0. The number of urea groups is 1. The second kappa shape index (κ2) is 6.55. The molecule has 0 unspecified atom stereocenters. The number of halogens is 1. The van der Waals surface area contributed by atoms with Crippen molar-refractivity contribution < 1.29 is 18.9 Å². The molecule has 2 aromatic carbocycles. The van der Waals surface area contributed by atoms with E-state index in [-0.39, 0.29) is 12.2 Å². The van der Waals surface area contributed by atoms with Crippen molar-refractivity contribution >= 4 is 23.3 Å². The molecule has 134 valence electrons. The monoisotopic (exact) mass is 357 g/mol. The van der Waals surface area contributed by atoms with Gasteiger partial charge in [0.15, 0.2) is 0 Å². The molecule has 26 heavy (non-hydrogen) atoms. The van der Waals surface area contributed by atoms with Gasteiger partial charge in [0.25, 0.3) is 11.6 Å². The molecule has 3 rings (SSSR count). The van der Waals surface area contributed by atoms with Crippen LogP contribution in [0.2, 0.25) is 0 Å². The summed E-state index contributed by atoms with van der Waals surface area (Å²) in [5, 5.41) is 11.1. The molecule has 1 aliphatic rings. The summed E-state index contributed by atoms with van der Waals surface area (Å²) in [4.78, 5) is 38.2. The van der Waals surface area contributed by atoms with Crippen LogP contribution in [-0.4, -0.2) is 27.8 Å². The average molecular weight is 357 g/mol. The molecule has 0 spiro atoms. The lowest BCUT2D eigenvalue weighted by Gasteiger charge is -2.19. The van der Waals surface area contributed by atoms with Gasteiger partial charge in [-0.3, -0.25) is 24.7 Å². The Labute approximate surface area is 148 Å². The first-order chi connectivity index (χ1) is 12.3. The molecule has 0 N–H and O–H groups in total. The van der Waals surface area contributed by atoms with Crippen molar-refractivity contribution in [2.75, 3.05) is 4.90 Å². The van der Waals surface area contributed by atoms with E-state index in [0.29, 0.717) is 16.8 Å². The van der Waals surface area contributed by atoms with E-state index in [4.69, 9.17) is 0 Å². The highest BCUT2D eigenvalue weighted by atomic mass is 19.1. The van der Waals surface area contributed by atoms with Crippen LogP contribution in [0.1, 0.15) is 18.1 Å². The van der Waals surface area contributed by atoms with E-state index in [0.717, 1.165) is 4.90 Å². The lowest BCUT2D eigenvalue weighted by atomic mass is 10.1. The summed E-state index contributed by atoms with van der Waals surface area (Å²) < 4.78 is 13.1. The Bertz CT molecular complexity index is 898. The second-order valence-electron chi connectivity index (χ2n) is 6.05. The number of nitrogens with zero attached hydrogens (tertiary/aromatic N) is 3. The number of hydrogen-bond acceptors (Lipinski definition) is 4. The topological polar surface area (TPSA) is 83.8 Å². The first-order valence-corrected chi connectivity index (χ1v) is 7.94. The number of nitro benzene ring substituents is 1. The van der Waals surface area contributed by atoms with Crippen molar-refractivity contribution in [1.29, 1.82) is 0 Å². The van der Waals surface area contributed by atoms with E-state index in [2.05, 4.69) is 0 Å². The fourth-order valence-corrected chi connectivity index (χ4v) is 3.02. The number of anilines is 1. The predicted octanol–water partition coefficient (Wildman–Crippen LogP) is 3.40. The Morgan fingerprint density at radius 2 is 1.81 bits per heavy atom. The van der Waals surface area contributed by atoms with Gasteiger partial charge in [-0.1, -0.05) is 12.1 Å². The van der Waals surface area contributed by atoms with Crippen molar-refractivity contribution in [1.82, 2.24) is 4.90 Å². The highest BCUT2D eigenvalue weighted by Gasteiger charge is 2.43. The third-order valence-corrected chi connectivity index (χ3v) is 4.50. The molecule has 0 bridgehead atoms. The summed E-state index contributed by atoms with van der Waals surface area (Å²) in [6.07, 6.45) is 0. The molecule has 7 nitrogen and oxygen atoms in total. The van der Waals surface area contributed by atoms with Crippen molar-refractivity contribution in [2.24, 2.45) is 0 Å². The minimum Gasteiger partial charge on any atom is -0.282 e. The number of carbonyl (C=O) groups is 2. The van der Waals surface area contributed by atoms with Gasteiger partial charge in [0.05, 0.1) is 11.5 Å². The lowest BCUT2D eigenvalue weighted by Crippen LogP contribution is -2.33. The molecule has 3 amide bonds. The first-order valence-electron chi connectivity index (χ1n) is 7.94. The molecule has 0 aromatic heterocycles. The van der Waals surface area contributed by atoms with Crippen LogP contribution in [0.25, 0.3) is 0 Å². The third kappa shape index (κ3) is 2.90. The average Bonchev–Trinajstić information content (AvgIpc) is 2.81. The molecule has 2 aromatic rings. The molecule has 1 heterocycles. The molecule has 0 radical (unpaired) electrons. The fourth-order valence-electron chi connectivity index (χ4n) is 3.02. The van der Waals surface area contributed by atoms with E-state index in [9.17, 15) is 24.1 Å². The van der Waals surface area contributed by atoms with Gasteiger partial charge in [-0.25, -0.2) is 9.18 Å². The minimum atomic E-state index is -0.744. The lowest BCUT2D eigenvalue weighted by molar-refractivity contribution is -0.385. The summed E-state index contributed by atoms with van der Waals surface area (Å²) in [6.45, 7) is 3.11. The van der Waals surface area contributed by atoms with Crippen molar-refractivity contribution in [3.8, 4) is 0 Å². The number of amides is 3. The molecule has 0 aliphatic carbocycles. The maximum absolute atomic E-state index is 13.1. The van der Waals surface area contributed by atoms with Gasteiger partial charge < -0.3 is 0 Å². The number of nitro groups is 1. The molecule has 8 heteroatoms. The van der Waals surface area contributed by atoms with E-state index < -0.39 is 28.7 Å². The quantitative estimate of drug-likeness (QED) is 0.477. The number of hydrogen-bond donors (Lipinski definition) is 0. The maximum atomic E-state index is 13.1. The first kappa shape index (κ1) is 17.5. The van der Waals surface area contributed by atoms with Crippen LogP contribution in [0.15, 0.2) is 42.5 Å². The highest BCUT2D eigenvalue weighted by molar-refractivity contribution is 6.14. The standard InChI is InChI=1S/C18H16FN3O4/c1-11-13(4-3-5-16(11)22(25)26)10-20-17(23)12(2)21(18(20)24)15-8-6-14(19)7-9-15/h3-9,12H,10H2,1-2H3/t12-/m1/s1. The Kier molecular flexibility index (Phi) is 4.41. The number of carbonyl (C=O) groups excluding carboxylic acids is 2.